The predicted octanol–water partition coefficient (Wildman–Crippen LogP) is 0.585. The Labute approximate surface area is 101 Å². The van der Waals surface area contributed by atoms with Gasteiger partial charge in [-0.2, -0.15) is 0 Å². The summed E-state index contributed by atoms with van der Waals surface area (Å²) < 4.78 is 10.5. The van der Waals surface area contributed by atoms with Crippen LogP contribution in [0.1, 0.15) is 29.9 Å². The largest absolute Gasteiger partial charge is 0.384 e. The quantitative estimate of drug-likeness (QED) is 0.590. The molecule has 3 N–H and O–H groups in total. The van der Waals surface area contributed by atoms with Gasteiger partial charge in [0.2, 0.25) is 0 Å². The van der Waals surface area contributed by atoms with E-state index in [1.54, 1.807) is 7.11 Å². The smallest absolute Gasteiger partial charge is 0.149 e. The summed E-state index contributed by atoms with van der Waals surface area (Å²) >= 11 is 0. The van der Waals surface area contributed by atoms with Crippen molar-refractivity contribution in [2.24, 2.45) is 5.84 Å². The van der Waals surface area contributed by atoms with Gasteiger partial charge in [-0.05, 0) is 0 Å². The fraction of sp³-hybridized carbons (Fsp3) is 0.636. The van der Waals surface area contributed by atoms with Crippen LogP contribution in [-0.2, 0) is 22.5 Å². The van der Waals surface area contributed by atoms with Crippen LogP contribution >= 0.6 is 0 Å². The van der Waals surface area contributed by atoms with Crippen molar-refractivity contribution in [3.63, 3.8) is 0 Å². The van der Waals surface area contributed by atoms with Gasteiger partial charge in [-0.3, -0.25) is 0 Å². The maximum atomic E-state index is 5.49. The molecule has 0 amide bonds. The van der Waals surface area contributed by atoms with Gasteiger partial charge in [0.15, 0.2) is 0 Å². The summed E-state index contributed by atoms with van der Waals surface area (Å²) in [5, 5.41) is 0. The molecule has 1 unspecified atom stereocenters. The Morgan fingerprint density at radius 3 is 3.06 bits per heavy atom. The SMILES string of the molecule is COCC(C)c1nc2c(c(NN)n1)COCC2. The maximum Gasteiger partial charge on any atom is 0.149 e. The van der Waals surface area contributed by atoms with Gasteiger partial charge >= 0.3 is 0 Å². The van der Waals surface area contributed by atoms with Crippen LogP contribution < -0.4 is 11.3 Å². The summed E-state index contributed by atoms with van der Waals surface area (Å²) in [5.41, 5.74) is 4.61. The molecule has 0 fully saturated rings. The molecule has 0 radical (unpaired) electrons. The number of nitrogens with one attached hydrogen (secondary N) is 1. The molecule has 6 nitrogen and oxygen atoms in total. The summed E-state index contributed by atoms with van der Waals surface area (Å²) in [6.07, 6.45) is 0.805. The molecular formula is C11H18N4O2. The Balaban J connectivity index is 2.35. The first kappa shape index (κ1) is 12.2. The van der Waals surface area contributed by atoms with E-state index in [0.717, 1.165) is 23.5 Å². The zero-order valence-electron chi connectivity index (χ0n) is 10.2. The molecule has 0 saturated carbocycles. The zero-order valence-corrected chi connectivity index (χ0v) is 10.2. The predicted molar refractivity (Wildman–Crippen MR) is 63.5 cm³/mol. The van der Waals surface area contributed by atoms with Gasteiger partial charge in [-0.25, -0.2) is 15.8 Å². The molecule has 1 aromatic heterocycles. The first-order chi connectivity index (χ1) is 8.26. The van der Waals surface area contributed by atoms with E-state index < -0.39 is 0 Å². The molecule has 6 heteroatoms. The van der Waals surface area contributed by atoms with Crippen LogP contribution in [0.2, 0.25) is 0 Å². The van der Waals surface area contributed by atoms with Gasteiger partial charge in [0, 0.05) is 25.0 Å². The molecule has 0 saturated heterocycles. The topological polar surface area (TPSA) is 82.3 Å². The van der Waals surface area contributed by atoms with Crippen LogP contribution in [0.25, 0.3) is 0 Å². The Morgan fingerprint density at radius 1 is 1.53 bits per heavy atom. The highest BCUT2D eigenvalue weighted by Gasteiger charge is 2.19. The molecule has 0 spiro atoms. The Morgan fingerprint density at radius 2 is 2.35 bits per heavy atom. The summed E-state index contributed by atoms with van der Waals surface area (Å²) in [5.74, 6) is 7.07. The van der Waals surface area contributed by atoms with Crippen LogP contribution in [0.3, 0.4) is 0 Å². The van der Waals surface area contributed by atoms with Gasteiger partial charge < -0.3 is 14.9 Å². The number of aromatic nitrogens is 2. The number of nitrogens with zero attached hydrogens (tertiary/aromatic N) is 2. The Bertz CT molecular complexity index is 380. The van der Waals surface area contributed by atoms with Crippen molar-refractivity contribution in [2.75, 3.05) is 25.7 Å². The number of hydrogen-bond donors (Lipinski definition) is 2. The number of hydrogen-bond acceptors (Lipinski definition) is 6. The van der Waals surface area contributed by atoms with Crippen molar-refractivity contribution >= 4 is 5.82 Å². The van der Waals surface area contributed by atoms with E-state index in [1.807, 2.05) is 6.92 Å². The highest BCUT2D eigenvalue weighted by molar-refractivity contribution is 5.46. The summed E-state index contributed by atoms with van der Waals surface area (Å²) in [7, 11) is 1.67. The van der Waals surface area contributed by atoms with Crippen molar-refractivity contribution in [1.29, 1.82) is 0 Å². The lowest BCUT2D eigenvalue weighted by Crippen LogP contribution is -2.21. The second-order valence-electron chi connectivity index (χ2n) is 4.16. The summed E-state index contributed by atoms with van der Waals surface area (Å²) in [6, 6.07) is 0. The normalized spacial score (nSPS) is 16.4. The molecule has 0 bridgehead atoms. The number of ether oxygens (including phenoxy) is 2. The van der Waals surface area contributed by atoms with Gasteiger partial charge in [-0.1, -0.05) is 6.92 Å². The minimum absolute atomic E-state index is 0.153. The van der Waals surface area contributed by atoms with Crippen LogP contribution in [0.4, 0.5) is 5.82 Å². The first-order valence-electron chi connectivity index (χ1n) is 5.69. The highest BCUT2D eigenvalue weighted by atomic mass is 16.5. The number of nitrogen functional groups attached to an aromatic ring is 1. The van der Waals surface area contributed by atoms with Gasteiger partial charge in [0.05, 0.1) is 25.5 Å². The van der Waals surface area contributed by atoms with Crippen LogP contribution in [0, 0.1) is 0 Å². The van der Waals surface area contributed by atoms with Gasteiger partial charge in [0.1, 0.15) is 11.6 Å². The first-order valence-corrected chi connectivity index (χ1v) is 5.69. The molecule has 1 aliphatic rings. The molecule has 1 aromatic rings. The van der Waals surface area contributed by atoms with Crippen molar-refractivity contribution in [3.05, 3.63) is 17.1 Å². The standard InChI is InChI=1S/C11H18N4O2/c1-7(5-16-2)10-13-9-3-4-17-6-8(9)11(14-10)15-12/h7H,3-6,12H2,1-2H3,(H,13,14,15). The van der Waals surface area contributed by atoms with Crippen molar-refractivity contribution in [1.82, 2.24) is 9.97 Å². The van der Waals surface area contributed by atoms with Crippen LogP contribution in [0.5, 0.6) is 0 Å². The van der Waals surface area contributed by atoms with Crippen LogP contribution in [-0.4, -0.2) is 30.3 Å². The highest BCUT2D eigenvalue weighted by Crippen LogP contribution is 2.24. The second kappa shape index (κ2) is 5.39. The summed E-state index contributed by atoms with van der Waals surface area (Å²) in [6.45, 7) is 3.85. The minimum Gasteiger partial charge on any atom is -0.384 e. The molecule has 94 valence electrons. The van der Waals surface area contributed by atoms with Crippen molar-refractivity contribution in [2.45, 2.75) is 25.9 Å². The van der Waals surface area contributed by atoms with E-state index in [4.69, 9.17) is 15.3 Å². The van der Waals surface area contributed by atoms with Gasteiger partial charge in [0.25, 0.3) is 0 Å². The number of rotatable bonds is 4. The number of nitrogens with two attached hydrogens (primary N) is 1. The van der Waals surface area contributed by atoms with E-state index in [1.165, 1.54) is 0 Å². The lowest BCUT2D eigenvalue weighted by Gasteiger charge is -2.20. The molecule has 1 aliphatic heterocycles. The van der Waals surface area contributed by atoms with Gasteiger partial charge in [-0.15, -0.1) is 0 Å². The third-order valence-electron chi connectivity index (χ3n) is 2.83. The van der Waals surface area contributed by atoms with E-state index in [9.17, 15) is 0 Å². The van der Waals surface area contributed by atoms with E-state index >= 15 is 0 Å². The van der Waals surface area contributed by atoms with Crippen molar-refractivity contribution < 1.29 is 9.47 Å². The third-order valence-corrected chi connectivity index (χ3v) is 2.83. The lowest BCUT2D eigenvalue weighted by atomic mass is 10.1. The third kappa shape index (κ3) is 2.54. The fourth-order valence-electron chi connectivity index (χ4n) is 1.92. The average Bonchev–Trinajstić information content (AvgIpc) is 2.37. The number of methoxy groups -OCH3 is 1. The molecule has 1 atom stereocenters. The number of fused-ring (bicyclic) bond motifs is 1. The molecule has 0 aromatic carbocycles. The fourth-order valence-corrected chi connectivity index (χ4v) is 1.92. The molecule has 0 aliphatic carbocycles. The minimum atomic E-state index is 0.153. The molecule has 2 rings (SSSR count). The van der Waals surface area contributed by atoms with E-state index in [2.05, 4.69) is 15.4 Å². The van der Waals surface area contributed by atoms with Crippen LogP contribution in [0.15, 0.2) is 0 Å². The number of hydrazine groups is 1. The zero-order chi connectivity index (χ0) is 12.3. The molecular weight excluding hydrogens is 220 g/mol. The maximum absolute atomic E-state index is 5.49. The average molecular weight is 238 g/mol. The lowest BCUT2D eigenvalue weighted by molar-refractivity contribution is 0.109. The summed E-state index contributed by atoms with van der Waals surface area (Å²) in [4.78, 5) is 8.99. The Kier molecular flexibility index (Phi) is 3.88. The number of anilines is 1. The molecule has 2 heterocycles. The van der Waals surface area contributed by atoms with E-state index in [0.29, 0.717) is 25.6 Å². The Hall–Kier alpha value is -1.24. The monoisotopic (exact) mass is 238 g/mol. The second-order valence-corrected chi connectivity index (χ2v) is 4.16. The van der Waals surface area contributed by atoms with Crippen molar-refractivity contribution in [3.8, 4) is 0 Å². The molecule has 17 heavy (non-hydrogen) atoms. The van der Waals surface area contributed by atoms with E-state index in [-0.39, 0.29) is 5.92 Å².